The van der Waals surface area contributed by atoms with Gasteiger partial charge in [0, 0.05) is 25.7 Å². The highest BCUT2D eigenvalue weighted by molar-refractivity contribution is 7.89. The Balaban J connectivity index is 1.93. The van der Waals surface area contributed by atoms with Crippen LogP contribution in [0, 0.1) is 0 Å². The second-order valence-corrected chi connectivity index (χ2v) is 8.69. The number of carbonyl (C=O) groups is 1. The minimum absolute atomic E-state index is 0.00271. The standard InChI is InChI=1S/C23H24N2O4S/c1-24(29-2)30(27,28)22-15-9-14-21(16-22)23(26)25(17-19-10-5-3-6-11-19)18-20-12-7-4-8-13-20/h3-16H,17-18H2,1-2H3. The molecule has 0 atom stereocenters. The molecule has 0 saturated carbocycles. The van der Waals surface area contributed by atoms with Gasteiger partial charge in [0.05, 0.1) is 12.0 Å². The lowest BCUT2D eigenvalue weighted by Gasteiger charge is -2.24. The number of hydrogen-bond acceptors (Lipinski definition) is 4. The van der Waals surface area contributed by atoms with E-state index in [0.717, 1.165) is 15.6 Å². The van der Waals surface area contributed by atoms with Crippen molar-refractivity contribution in [2.24, 2.45) is 0 Å². The highest BCUT2D eigenvalue weighted by Crippen LogP contribution is 2.19. The van der Waals surface area contributed by atoms with E-state index >= 15 is 0 Å². The number of hydrogen-bond donors (Lipinski definition) is 0. The van der Waals surface area contributed by atoms with E-state index in [4.69, 9.17) is 4.84 Å². The fraction of sp³-hybridized carbons (Fsp3) is 0.174. The van der Waals surface area contributed by atoms with Crippen LogP contribution in [0.25, 0.3) is 0 Å². The summed E-state index contributed by atoms with van der Waals surface area (Å²) in [5.74, 6) is -0.250. The molecule has 30 heavy (non-hydrogen) atoms. The Morgan fingerprint density at radius 1 is 0.833 bits per heavy atom. The Morgan fingerprint density at radius 3 is 1.87 bits per heavy atom. The molecular formula is C23H24N2O4S. The van der Waals surface area contributed by atoms with Gasteiger partial charge in [-0.25, -0.2) is 8.42 Å². The van der Waals surface area contributed by atoms with Crippen LogP contribution in [-0.2, 0) is 28.0 Å². The van der Waals surface area contributed by atoms with Crippen molar-refractivity contribution in [2.75, 3.05) is 14.2 Å². The van der Waals surface area contributed by atoms with Gasteiger partial charge in [0.25, 0.3) is 15.9 Å². The average Bonchev–Trinajstić information content (AvgIpc) is 2.79. The lowest BCUT2D eigenvalue weighted by Crippen LogP contribution is -2.30. The molecule has 3 aromatic rings. The Bertz CT molecular complexity index is 1040. The highest BCUT2D eigenvalue weighted by Gasteiger charge is 2.23. The molecule has 156 valence electrons. The van der Waals surface area contributed by atoms with Gasteiger partial charge >= 0.3 is 0 Å². The molecule has 0 fully saturated rings. The van der Waals surface area contributed by atoms with E-state index in [0.29, 0.717) is 18.7 Å². The molecular weight excluding hydrogens is 400 g/mol. The fourth-order valence-corrected chi connectivity index (χ4v) is 4.05. The monoisotopic (exact) mass is 424 g/mol. The molecule has 0 aliphatic carbocycles. The first-order valence-corrected chi connectivity index (χ1v) is 10.9. The smallest absolute Gasteiger partial charge is 0.264 e. The molecule has 0 aliphatic rings. The van der Waals surface area contributed by atoms with Crippen molar-refractivity contribution < 1.29 is 18.0 Å². The summed E-state index contributed by atoms with van der Waals surface area (Å²) in [6.07, 6.45) is 0. The zero-order chi connectivity index (χ0) is 21.6. The molecule has 0 radical (unpaired) electrons. The molecule has 1 amide bonds. The highest BCUT2D eigenvalue weighted by atomic mass is 32.2. The van der Waals surface area contributed by atoms with E-state index in [1.54, 1.807) is 17.0 Å². The molecule has 7 heteroatoms. The van der Waals surface area contributed by atoms with E-state index < -0.39 is 10.0 Å². The minimum atomic E-state index is -3.85. The molecule has 0 heterocycles. The first-order chi connectivity index (χ1) is 14.4. The molecule has 3 aromatic carbocycles. The Labute approximate surface area is 177 Å². The maximum absolute atomic E-state index is 13.4. The molecule has 3 rings (SSSR count). The first kappa shape index (κ1) is 21.7. The number of benzene rings is 3. The molecule has 0 spiro atoms. The third-order valence-electron chi connectivity index (χ3n) is 4.69. The zero-order valence-corrected chi connectivity index (χ0v) is 17.7. The van der Waals surface area contributed by atoms with Crippen LogP contribution in [0.2, 0.25) is 0 Å². The van der Waals surface area contributed by atoms with Gasteiger partial charge in [-0.3, -0.25) is 9.63 Å². The van der Waals surface area contributed by atoms with E-state index in [1.807, 2.05) is 60.7 Å². The molecule has 0 unspecified atom stereocenters. The van der Waals surface area contributed by atoms with Gasteiger partial charge in [0.1, 0.15) is 0 Å². The Morgan fingerprint density at radius 2 is 1.37 bits per heavy atom. The maximum atomic E-state index is 13.4. The summed E-state index contributed by atoms with van der Waals surface area (Å²) in [7, 11) is -1.27. The summed E-state index contributed by atoms with van der Waals surface area (Å²) in [4.78, 5) is 19.9. The van der Waals surface area contributed by atoms with E-state index in [9.17, 15) is 13.2 Å². The van der Waals surface area contributed by atoms with Crippen molar-refractivity contribution in [3.63, 3.8) is 0 Å². The fourth-order valence-electron chi connectivity index (χ4n) is 3.03. The van der Waals surface area contributed by atoms with Crippen LogP contribution < -0.4 is 0 Å². The molecule has 0 aliphatic heterocycles. The van der Waals surface area contributed by atoms with Crippen LogP contribution >= 0.6 is 0 Å². The van der Waals surface area contributed by atoms with Gasteiger partial charge < -0.3 is 4.90 Å². The van der Waals surface area contributed by atoms with E-state index in [1.165, 1.54) is 26.3 Å². The van der Waals surface area contributed by atoms with Crippen molar-refractivity contribution in [2.45, 2.75) is 18.0 Å². The summed E-state index contributed by atoms with van der Waals surface area (Å²) < 4.78 is 25.9. The maximum Gasteiger partial charge on any atom is 0.264 e. The first-order valence-electron chi connectivity index (χ1n) is 9.42. The largest absolute Gasteiger partial charge is 0.330 e. The third kappa shape index (κ3) is 5.13. The van der Waals surface area contributed by atoms with Crippen molar-refractivity contribution in [1.82, 2.24) is 9.37 Å². The third-order valence-corrected chi connectivity index (χ3v) is 6.37. The average molecular weight is 425 g/mol. The molecule has 0 bridgehead atoms. The van der Waals surface area contributed by atoms with Gasteiger partial charge in [-0.1, -0.05) is 71.2 Å². The molecule has 0 saturated heterocycles. The summed E-state index contributed by atoms with van der Waals surface area (Å²) in [5, 5.41) is 0. The lowest BCUT2D eigenvalue weighted by atomic mass is 10.1. The molecule has 6 nitrogen and oxygen atoms in total. The number of hydroxylamine groups is 1. The van der Waals surface area contributed by atoms with Crippen LogP contribution in [0.1, 0.15) is 21.5 Å². The predicted molar refractivity (Wildman–Crippen MR) is 115 cm³/mol. The Kier molecular flexibility index (Phi) is 6.99. The van der Waals surface area contributed by atoms with Crippen molar-refractivity contribution in [1.29, 1.82) is 0 Å². The number of sulfonamides is 1. The number of carbonyl (C=O) groups excluding carboxylic acids is 1. The summed E-state index contributed by atoms with van der Waals surface area (Å²) in [6.45, 7) is 0.813. The predicted octanol–water partition coefficient (Wildman–Crippen LogP) is 3.71. The van der Waals surface area contributed by atoms with Gasteiger partial charge in [-0.2, -0.15) is 0 Å². The summed E-state index contributed by atoms with van der Waals surface area (Å²) in [5.41, 5.74) is 2.28. The zero-order valence-electron chi connectivity index (χ0n) is 16.9. The second kappa shape index (κ2) is 9.67. The van der Waals surface area contributed by atoms with Crippen molar-refractivity contribution >= 4 is 15.9 Å². The van der Waals surface area contributed by atoms with Gasteiger partial charge in [0.15, 0.2) is 0 Å². The van der Waals surface area contributed by atoms with Crippen LogP contribution in [0.4, 0.5) is 0 Å². The van der Waals surface area contributed by atoms with Crippen LogP contribution in [-0.4, -0.2) is 37.9 Å². The van der Waals surface area contributed by atoms with Crippen molar-refractivity contribution in [3.8, 4) is 0 Å². The van der Waals surface area contributed by atoms with Gasteiger partial charge in [-0.15, -0.1) is 0 Å². The molecule has 0 aromatic heterocycles. The van der Waals surface area contributed by atoms with Crippen molar-refractivity contribution in [3.05, 3.63) is 102 Å². The van der Waals surface area contributed by atoms with E-state index in [-0.39, 0.29) is 10.8 Å². The SMILES string of the molecule is CON(C)S(=O)(=O)c1cccc(C(=O)N(Cc2ccccc2)Cc2ccccc2)c1. The topological polar surface area (TPSA) is 66.9 Å². The number of amides is 1. The minimum Gasteiger partial charge on any atom is -0.330 e. The normalized spacial score (nSPS) is 11.4. The number of rotatable bonds is 8. The Hall–Kier alpha value is -3.00. The summed E-state index contributed by atoms with van der Waals surface area (Å²) in [6, 6.07) is 25.4. The van der Waals surface area contributed by atoms with Crippen LogP contribution in [0.15, 0.2) is 89.8 Å². The quantitative estimate of drug-likeness (QED) is 0.517. The second-order valence-electron chi connectivity index (χ2n) is 6.76. The van der Waals surface area contributed by atoms with Crippen LogP contribution in [0.5, 0.6) is 0 Å². The number of nitrogens with zero attached hydrogens (tertiary/aromatic N) is 2. The van der Waals surface area contributed by atoms with Gasteiger partial charge in [-0.05, 0) is 29.3 Å². The summed E-state index contributed by atoms with van der Waals surface area (Å²) >= 11 is 0. The van der Waals surface area contributed by atoms with E-state index in [2.05, 4.69) is 0 Å². The lowest BCUT2D eigenvalue weighted by molar-refractivity contribution is -0.0258. The van der Waals surface area contributed by atoms with Gasteiger partial charge in [0.2, 0.25) is 0 Å². The molecule has 0 N–H and O–H groups in total. The van der Waals surface area contributed by atoms with Crippen LogP contribution in [0.3, 0.4) is 0 Å².